The van der Waals surface area contributed by atoms with Gasteiger partial charge in [-0.1, -0.05) is 17.7 Å². The molecule has 0 bridgehead atoms. The molecule has 0 saturated carbocycles. The van der Waals surface area contributed by atoms with Crippen molar-refractivity contribution in [3.05, 3.63) is 28.8 Å². The number of benzene rings is 1. The highest BCUT2D eigenvalue weighted by Gasteiger charge is 2.40. The highest BCUT2D eigenvalue weighted by Crippen LogP contribution is 2.37. The summed E-state index contributed by atoms with van der Waals surface area (Å²) in [5.74, 6) is 0. The van der Waals surface area contributed by atoms with Crippen LogP contribution in [-0.2, 0) is 0 Å². The Balaban J connectivity index is 1.90. The first-order chi connectivity index (χ1) is 8.60. The van der Waals surface area contributed by atoms with Crippen molar-refractivity contribution in [2.45, 2.75) is 33.6 Å². The summed E-state index contributed by atoms with van der Waals surface area (Å²) < 4.78 is 0. The zero-order valence-electron chi connectivity index (χ0n) is 11.8. The Bertz CT molecular complexity index is 437. The van der Waals surface area contributed by atoms with E-state index in [9.17, 15) is 0 Å². The molecule has 0 atom stereocenters. The number of piperidine rings is 1. The number of hydrogen-bond acceptors (Lipinski definition) is 2. The van der Waals surface area contributed by atoms with E-state index in [1.54, 1.807) is 0 Å². The van der Waals surface area contributed by atoms with Gasteiger partial charge in [0.05, 0.1) is 0 Å². The first kappa shape index (κ1) is 12.0. The molecule has 98 valence electrons. The fourth-order valence-corrected chi connectivity index (χ4v) is 3.84. The third-order valence-corrected chi connectivity index (χ3v) is 4.61. The van der Waals surface area contributed by atoms with Gasteiger partial charge < -0.3 is 10.2 Å². The second kappa shape index (κ2) is 4.27. The van der Waals surface area contributed by atoms with E-state index in [-0.39, 0.29) is 0 Å². The van der Waals surface area contributed by atoms with Crippen molar-refractivity contribution >= 4 is 5.69 Å². The van der Waals surface area contributed by atoms with E-state index in [4.69, 9.17) is 0 Å². The van der Waals surface area contributed by atoms with Crippen molar-refractivity contribution in [1.29, 1.82) is 0 Å². The van der Waals surface area contributed by atoms with Gasteiger partial charge in [0.15, 0.2) is 0 Å². The molecule has 1 spiro atoms. The summed E-state index contributed by atoms with van der Waals surface area (Å²) in [6, 6.07) is 4.64. The molecular weight excluding hydrogens is 220 g/mol. The molecule has 0 aromatic heterocycles. The van der Waals surface area contributed by atoms with Gasteiger partial charge >= 0.3 is 0 Å². The van der Waals surface area contributed by atoms with Gasteiger partial charge in [-0.3, -0.25) is 0 Å². The number of rotatable bonds is 1. The molecule has 3 rings (SSSR count). The fourth-order valence-electron chi connectivity index (χ4n) is 3.84. The molecule has 0 unspecified atom stereocenters. The quantitative estimate of drug-likeness (QED) is 0.817. The van der Waals surface area contributed by atoms with Crippen molar-refractivity contribution in [3.8, 4) is 0 Å². The number of aryl methyl sites for hydroxylation is 3. The molecule has 18 heavy (non-hydrogen) atoms. The first-order valence-electron chi connectivity index (χ1n) is 7.13. The van der Waals surface area contributed by atoms with Crippen LogP contribution in [0.5, 0.6) is 0 Å². The van der Waals surface area contributed by atoms with Crippen LogP contribution >= 0.6 is 0 Å². The van der Waals surface area contributed by atoms with E-state index in [1.165, 1.54) is 61.4 Å². The Morgan fingerprint density at radius 2 is 1.78 bits per heavy atom. The average molecular weight is 244 g/mol. The van der Waals surface area contributed by atoms with Gasteiger partial charge in [0, 0.05) is 37.3 Å². The van der Waals surface area contributed by atoms with E-state index in [0.717, 1.165) is 0 Å². The molecule has 0 radical (unpaired) electrons. The lowest BCUT2D eigenvalue weighted by Crippen LogP contribution is -2.61. The molecule has 0 aliphatic carbocycles. The van der Waals surface area contributed by atoms with Crippen LogP contribution in [0.25, 0.3) is 0 Å². The zero-order chi connectivity index (χ0) is 12.8. The van der Waals surface area contributed by atoms with Gasteiger partial charge in [-0.2, -0.15) is 0 Å². The molecule has 2 aliphatic rings. The highest BCUT2D eigenvalue weighted by molar-refractivity contribution is 5.60. The Hall–Kier alpha value is -1.02. The monoisotopic (exact) mass is 244 g/mol. The van der Waals surface area contributed by atoms with Crippen molar-refractivity contribution in [2.24, 2.45) is 5.41 Å². The van der Waals surface area contributed by atoms with Crippen LogP contribution < -0.4 is 10.2 Å². The summed E-state index contributed by atoms with van der Waals surface area (Å²) in [5.41, 5.74) is 6.33. The van der Waals surface area contributed by atoms with Crippen LogP contribution in [0.4, 0.5) is 5.69 Å². The molecule has 1 aromatic rings. The van der Waals surface area contributed by atoms with Crippen molar-refractivity contribution in [2.75, 3.05) is 31.1 Å². The Kier molecular flexibility index (Phi) is 2.86. The van der Waals surface area contributed by atoms with E-state index in [2.05, 4.69) is 43.1 Å². The number of nitrogens with zero attached hydrogens (tertiary/aromatic N) is 1. The lowest BCUT2D eigenvalue weighted by molar-refractivity contribution is 0.138. The van der Waals surface area contributed by atoms with Gasteiger partial charge in [0.2, 0.25) is 0 Å². The standard InChI is InChI=1S/C16H24N2/c1-12-7-13(2)15(14(3)8-12)18-6-4-5-16(11-18)9-17-10-16/h7-8,17H,4-6,9-11H2,1-3H3. The van der Waals surface area contributed by atoms with Crippen LogP contribution in [0, 0.1) is 26.2 Å². The van der Waals surface area contributed by atoms with E-state index < -0.39 is 0 Å². The normalized spacial score (nSPS) is 22.1. The summed E-state index contributed by atoms with van der Waals surface area (Å²) in [6.45, 7) is 11.6. The molecule has 1 N–H and O–H groups in total. The van der Waals surface area contributed by atoms with Crippen LogP contribution in [0.2, 0.25) is 0 Å². The number of hydrogen-bond donors (Lipinski definition) is 1. The summed E-state index contributed by atoms with van der Waals surface area (Å²) in [6.07, 6.45) is 2.74. The predicted molar refractivity (Wildman–Crippen MR) is 77.4 cm³/mol. The third kappa shape index (κ3) is 1.93. The number of anilines is 1. The van der Waals surface area contributed by atoms with Crippen LogP contribution in [-0.4, -0.2) is 26.2 Å². The minimum absolute atomic E-state index is 0.571. The minimum Gasteiger partial charge on any atom is -0.370 e. The van der Waals surface area contributed by atoms with Crippen LogP contribution in [0.15, 0.2) is 12.1 Å². The maximum absolute atomic E-state index is 3.46. The minimum atomic E-state index is 0.571. The lowest BCUT2D eigenvalue weighted by Gasteiger charge is -2.50. The third-order valence-electron chi connectivity index (χ3n) is 4.61. The van der Waals surface area contributed by atoms with Gasteiger partial charge in [0.1, 0.15) is 0 Å². The summed E-state index contributed by atoms with van der Waals surface area (Å²) in [4.78, 5) is 2.63. The van der Waals surface area contributed by atoms with Crippen molar-refractivity contribution in [3.63, 3.8) is 0 Å². The summed E-state index contributed by atoms with van der Waals surface area (Å²) in [5, 5.41) is 3.46. The molecule has 2 fully saturated rings. The van der Waals surface area contributed by atoms with Gasteiger partial charge in [0.25, 0.3) is 0 Å². The van der Waals surface area contributed by atoms with Crippen molar-refractivity contribution in [1.82, 2.24) is 5.32 Å². The molecule has 2 saturated heterocycles. The van der Waals surface area contributed by atoms with Gasteiger partial charge in [-0.15, -0.1) is 0 Å². The first-order valence-corrected chi connectivity index (χ1v) is 7.13. The molecule has 0 amide bonds. The topological polar surface area (TPSA) is 15.3 Å². The van der Waals surface area contributed by atoms with E-state index >= 15 is 0 Å². The maximum Gasteiger partial charge on any atom is 0.0426 e. The van der Waals surface area contributed by atoms with Crippen molar-refractivity contribution < 1.29 is 0 Å². The molecule has 2 heteroatoms. The molecule has 2 nitrogen and oxygen atoms in total. The molecule has 2 heterocycles. The summed E-state index contributed by atoms with van der Waals surface area (Å²) >= 11 is 0. The number of nitrogens with one attached hydrogen (secondary N) is 1. The van der Waals surface area contributed by atoms with E-state index in [1.807, 2.05) is 0 Å². The van der Waals surface area contributed by atoms with E-state index in [0.29, 0.717) is 5.41 Å². The SMILES string of the molecule is Cc1cc(C)c(N2CCCC3(CNC3)C2)c(C)c1. The van der Waals surface area contributed by atoms with Gasteiger partial charge in [-0.25, -0.2) is 0 Å². The fraction of sp³-hybridized carbons (Fsp3) is 0.625. The Labute approximate surface area is 110 Å². The highest BCUT2D eigenvalue weighted by atomic mass is 15.2. The van der Waals surface area contributed by atoms with Crippen LogP contribution in [0.3, 0.4) is 0 Å². The maximum atomic E-state index is 3.46. The second-order valence-electron chi connectivity index (χ2n) is 6.38. The zero-order valence-corrected chi connectivity index (χ0v) is 11.8. The average Bonchev–Trinajstić information content (AvgIpc) is 2.26. The van der Waals surface area contributed by atoms with Gasteiger partial charge in [-0.05, 0) is 44.7 Å². The lowest BCUT2D eigenvalue weighted by atomic mass is 9.74. The smallest absolute Gasteiger partial charge is 0.0426 e. The van der Waals surface area contributed by atoms with Crippen LogP contribution in [0.1, 0.15) is 29.5 Å². The predicted octanol–water partition coefficient (Wildman–Crippen LogP) is 2.80. The molecule has 1 aromatic carbocycles. The molecular formula is C16H24N2. The Morgan fingerprint density at radius 1 is 1.11 bits per heavy atom. The molecule has 2 aliphatic heterocycles. The largest absolute Gasteiger partial charge is 0.370 e. The second-order valence-corrected chi connectivity index (χ2v) is 6.38. The Morgan fingerprint density at radius 3 is 2.33 bits per heavy atom. The summed E-state index contributed by atoms with van der Waals surface area (Å²) in [7, 11) is 0.